The van der Waals surface area contributed by atoms with Gasteiger partial charge in [0.2, 0.25) is 10.9 Å². The van der Waals surface area contributed by atoms with Crippen LogP contribution in [0, 0.1) is 0 Å². The van der Waals surface area contributed by atoms with E-state index in [4.69, 9.17) is 18.9 Å². The molecule has 0 unspecified atom stereocenters. The molecule has 32 heavy (non-hydrogen) atoms. The van der Waals surface area contributed by atoms with Gasteiger partial charge in [0.1, 0.15) is 11.5 Å². The summed E-state index contributed by atoms with van der Waals surface area (Å²) in [4.78, 5) is 29.0. The molecule has 0 atom stereocenters. The van der Waals surface area contributed by atoms with Gasteiger partial charge in [0.25, 0.3) is 0 Å². The Morgan fingerprint density at radius 1 is 0.594 bits per heavy atom. The van der Waals surface area contributed by atoms with Crippen molar-refractivity contribution in [1.82, 2.24) is 0 Å². The number of nitrogens with zero attached hydrogens (tertiary/aromatic N) is 2. The van der Waals surface area contributed by atoms with Crippen LogP contribution in [0.3, 0.4) is 0 Å². The van der Waals surface area contributed by atoms with E-state index in [1.165, 1.54) is 12.1 Å². The predicted octanol–water partition coefficient (Wildman–Crippen LogP) is 1.78. The third-order valence-electron chi connectivity index (χ3n) is 5.29. The van der Waals surface area contributed by atoms with Crippen LogP contribution in [0.2, 0.25) is 0 Å². The zero-order valence-corrected chi connectivity index (χ0v) is 18.6. The van der Waals surface area contributed by atoms with Crippen molar-refractivity contribution in [3.63, 3.8) is 0 Å². The van der Waals surface area contributed by atoms with Crippen LogP contribution < -0.4 is 30.1 Å². The lowest BCUT2D eigenvalue weighted by Crippen LogP contribution is -2.38. The van der Waals surface area contributed by atoms with Crippen LogP contribution >= 0.6 is 0 Å². The molecule has 0 saturated carbocycles. The molecule has 2 aromatic rings. The molecule has 1 saturated heterocycles. The summed E-state index contributed by atoms with van der Waals surface area (Å²) in [5, 5.41) is 0. The molecule has 0 N–H and O–H groups in total. The van der Waals surface area contributed by atoms with Gasteiger partial charge in [-0.2, -0.15) is 0 Å². The minimum atomic E-state index is -0.0816. The minimum Gasteiger partial charge on any atom is -0.497 e. The smallest absolute Gasteiger partial charge is 0.201 e. The standard InChI is InChI=1S/C24H30N2O6/c1-29-19-3-7-21(23(27)9-5-19)25-11-15-31-17-13-26(14-18-32-16-12-25)22-8-4-20(30-2)6-10-24(22)28/h3-10H,11-18H2,1-2H3. The van der Waals surface area contributed by atoms with E-state index in [0.717, 1.165) is 0 Å². The maximum absolute atomic E-state index is 12.5. The number of anilines is 2. The maximum Gasteiger partial charge on any atom is 0.201 e. The SMILES string of the molecule is COc1ccc(N2CCOCCN(c3ccc(OC)ccc3=O)CCOCC2)c(=O)cc1. The Labute approximate surface area is 187 Å². The molecule has 0 radical (unpaired) electrons. The Morgan fingerprint density at radius 3 is 1.28 bits per heavy atom. The summed E-state index contributed by atoms with van der Waals surface area (Å²) in [7, 11) is 3.14. The summed E-state index contributed by atoms with van der Waals surface area (Å²) in [5.41, 5.74) is 1.01. The summed E-state index contributed by atoms with van der Waals surface area (Å²) in [6, 6.07) is 13.4. The van der Waals surface area contributed by atoms with Crippen LogP contribution in [-0.4, -0.2) is 66.8 Å². The Bertz CT molecular complexity index is 907. The van der Waals surface area contributed by atoms with Gasteiger partial charge >= 0.3 is 0 Å². The number of hydrogen-bond donors (Lipinski definition) is 0. The Hall–Kier alpha value is -3.10. The first-order chi connectivity index (χ1) is 15.6. The molecule has 0 amide bonds. The lowest BCUT2D eigenvalue weighted by molar-refractivity contribution is 0.122. The van der Waals surface area contributed by atoms with Crippen molar-refractivity contribution >= 4 is 11.4 Å². The molecule has 0 aliphatic carbocycles. The van der Waals surface area contributed by atoms with Gasteiger partial charge in [-0.25, -0.2) is 0 Å². The molecule has 1 aliphatic rings. The van der Waals surface area contributed by atoms with Crippen molar-refractivity contribution < 1.29 is 18.9 Å². The van der Waals surface area contributed by atoms with Crippen LogP contribution in [0.4, 0.5) is 11.4 Å². The number of hydrogen-bond acceptors (Lipinski definition) is 8. The van der Waals surface area contributed by atoms with Crippen LogP contribution in [0.15, 0.2) is 58.1 Å². The lowest BCUT2D eigenvalue weighted by Gasteiger charge is -2.27. The summed E-state index contributed by atoms with van der Waals surface area (Å²) in [6.45, 7) is 4.00. The topological polar surface area (TPSA) is 77.5 Å². The van der Waals surface area contributed by atoms with E-state index in [9.17, 15) is 9.59 Å². The molecule has 0 bridgehead atoms. The molecule has 0 spiro atoms. The molecular formula is C24H30N2O6. The fourth-order valence-corrected chi connectivity index (χ4v) is 3.49. The predicted molar refractivity (Wildman–Crippen MR) is 125 cm³/mol. The normalized spacial score (nSPS) is 15.9. The summed E-state index contributed by atoms with van der Waals surface area (Å²) < 4.78 is 22.1. The largest absolute Gasteiger partial charge is 0.497 e. The minimum absolute atomic E-state index is 0.0816. The van der Waals surface area contributed by atoms with E-state index in [1.54, 1.807) is 50.6 Å². The summed E-state index contributed by atoms with van der Waals surface area (Å²) >= 11 is 0. The lowest BCUT2D eigenvalue weighted by atomic mass is 10.3. The average Bonchev–Trinajstić information content (AvgIpc) is 3.10. The van der Waals surface area contributed by atoms with Crippen molar-refractivity contribution in [3.8, 4) is 11.5 Å². The van der Waals surface area contributed by atoms with Crippen LogP contribution in [0.1, 0.15) is 0 Å². The second kappa shape index (κ2) is 12.1. The third-order valence-corrected chi connectivity index (χ3v) is 5.29. The fraction of sp³-hybridized carbons (Fsp3) is 0.417. The van der Waals surface area contributed by atoms with E-state index in [2.05, 4.69) is 0 Å². The number of ether oxygens (including phenoxy) is 4. The van der Waals surface area contributed by atoms with Gasteiger partial charge in [-0.15, -0.1) is 0 Å². The molecule has 8 nitrogen and oxygen atoms in total. The first-order valence-electron chi connectivity index (χ1n) is 10.6. The van der Waals surface area contributed by atoms with E-state index in [-0.39, 0.29) is 10.9 Å². The molecule has 1 aliphatic heterocycles. The highest BCUT2D eigenvalue weighted by atomic mass is 16.5. The van der Waals surface area contributed by atoms with Gasteiger partial charge in [-0.1, -0.05) is 0 Å². The number of methoxy groups -OCH3 is 2. The summed E-state index contributed by atoms with van der Waals surface area (Å²) in [6.07, 6.45) is 0. The second-order valence-corrected chi connectivity index (χ2v) is 7.24. The van der Waals surface area contributed by atoms with Crippen molar-refractivity contribution in [2.24, 2.45) is 0 Å². The highest BCUT2D eigenvalue weighted by Crippen LogP contribution is 2.14. The Kier molecular flexibility index (Phi) is 8.89. The van der Waals surface area contributed by atoms with Gasteiger partial charge < -0.3 is 28.7 Å². The van der Waals surface area contributed by atoms with Gasteiger partial charge in [-0.05, 0) is 48.5 Å². The number of rotatable bonds is 4. The van der Waals surface area contributed by atoms with E-state index >= 15 is 0 Å². The molecule has 2 aromatic carbocycles. The zero-order valence-electron chi connectivity index (χ0n) is 18.6. The maximum atomic E-state index is 12.5. The molecule has 172 valence electrons. The molecule has 1 heterocycles. The van der Waals surface area contributed by atoms with Gasteiger partial charge in [0.05, 0.1) is 52.0 Å². The highest BCUT2D eigenvalue weighted by Gasteiger charge is 2.14. The quantitative estimate of drug-likeness (QED) is 0.709. The molecule has 0 aromatic heterocycles. The van der Waals surface area contributed by atoms with Gasteiger partial charge in [0, 0.05) is 26.2 Å². The van der Waals surface area contributed by atoms with Crippen molar-refractivity contribution in [3.05, 3.63) is 69.0 Å². The van der Waals surface area contributed by atoms with Crippen molar-refractivity contribution in [2.75, 3.05) is 76.6 Å². The van der Waals surface area contributed by atoms with Gasteiger partial charge in [-0.3, -0.25) is 9.59 Å². The van der Waals surface area contributed by atoms with Crippen molar-refractivity contribution in [1.29, 1.82) is 0 Å². The third kappa shape index (κ3) is 6.45. The Balaban J connectivity index is 1.69. The fourth-order valence-electron chi connectivity index (χ4n) is 3.49. The van der Waals surface area contributed by atoms with Gasteiger partial charge in [0.15, 0.2) is 0 Å². The van der Waals surface area contributed by atoms with E-state index in [1.807, 2.05) is 9.80 Å². The highest BCUT2D eigenvalue weighted by molar-refractivity contribution is 5.48. The van der Waals surface area contributed by atoms with E-state index in [0.29, 0.717) is 75.5 Å². The van der Waals surface area contributed by atoms with Crippen LogP contribution in [0.25, 0.3) is 0 Å². The molecule has 3 rings (SSSR count). The molecule has 8 heteroatoms. The summed E-state index contributed by atoms with van der Waals surface area (Å²) in [5.74, 6) is 1.25. The van der Waals surface area contributed by atoms with Crippen LogP contribution in [-0.2, 0) is 9.47 Å². The zero-order chi connectivity index (χ0) is 22.8. The van der Waals surface area contributed by atoms with Crippen LogP contribution in [0.5, 0.6) is 11.5 Å². The average molecular weight is 443 g/mol. The second-order valence-electron chi connectivity index (χ2n) is 7.24. The van der Waals surface area contributed by atoms with E-state index < -0.39 is 0 Å². The monoisotopic (exact) mass is 442 g/mol. The van der Waals surface area contributed by atoms with Crippen molar-refractivity contribution in [2.45, 2.75) is 0 Å². The molecular weight excluding hydrogens is 412 g/mol. The Morgan fingerprint density at radius 2 is 0.938 bits per heavy atom. The molecule has 1 fully saturated rings. The first kappa shape index (κ1) is 23.6. The first-order valence-corrected chi connectivity index (χ1v) is 10.6.